The number of hydrogen-bond acceptors (Lipinski definition) is 6. The highest BCUT2D eigenvalue weighted by atomic mass is 16.5. The van der Waals surface area contributed by atoms with Gasteiger partial charge in [0.1, 0.15) is 5.75 Å². The quantitative estimate of drug-likeness (QED) is 0.164. The Labute approximate surface area is 204 Å². The van der Waals surface area contributed by atoms with Crippen molar-refractivity contribution in [3.05, 3.63) is 66.1 Å². The molecule has 0 spiro atoms. The normalized spacial score (nSPS) is 14.1. The van der Waals surface area contributed by atoms with Gasteiger partial charge in [0.05, 0.1) is 18.9 Å². The van der Waals surface area contributed by atoms with Gasteiger partial charge in [0.15, 0.2) is 5.88 Å². The molecule has 3 rings (SSSR count). The molecule has 2 aromatic rings. The molecule has 0 bridgehead atoms. The highest BCUT2D eigenvalue weighted by Gasteiger charge is 2.19. The molecule has 0 aliphatic heterocycles. The van der Waals surface area contributed by atoms with E-state index in [2.05, 4.69) is 52.7 Å². The van der Waals surface area contributed by atoms with Gasteiger partial charge in [-0.1, -0.05) is 12.1 Å². The lowest BCUT2D eigenvalue weighted by atomic mass is 9.92. The van der Waals surface area contributed by atoms with E-state index in [-0.39, 0.29) is 6.10 Å². The van der Waals surface area contributed by atoms with Crippen molar-refractivity contribution in [1.82, 2.24) is 5.01 Å². The summed E-state index contributed by atoms with van der Waals surface area (Å²) in [5, 5.41) is 13.2. The van der Waals surface area contributed by atoms with E-state index in [1.54, 1.807) is 5.01 Å². The maximum atomic E-state index is 5.77. The zero-order valence-corrected chi connectivity index (χ0v) is 21.1. The highest BCUT2D eigenvalue weighted by Crippen LogP contribution is 2.33. The van der Waals surface area contributed by atoms with Crippen LogP contribution in [0.5, 0.6) is 5.75 Å². The monoisotopic (exact) mass is 462 g/mol. The number of nitrogens with one attached hydrogen (secondary N) is 2. The standard InChI is InChI=1S/C28H38N4O2/c1-7-33-26-15-16-27(28(18-26)31-24-9-8-10-24)23(19-29-32(5)6)17-22-11-13-25(14-12-22)30-21(4)34-20(2)3/h11-20,24,30-31H,4,7-10H2,1-3,5-6H3/b23-17+,29-19?. The molecule has 1 fully saturated rings. The second kappa shape index (κ2) is 12.2. The molecule has 0 heterocycles. The van der Waals surface area contributed by atoms with Crippen molar-refractivity contribution < 1.29 is 9.47 Å². The van der Waals surface area contributed by atoms with Crippen LogP contribution in [0.1, 0.15) is 51.2 Å². The van der Waals surface area contributed by atoms with E-state index in [1.165, 1.54) is 19.3 Å². The fourth-order valence-corrected chi connectivity index (χ4v) is 3.60. The van der Waals surface area contributed by atoms with Crippen LogP contribution < -0.4 is 15.4 Å². The molecule has 0 unspecified atom stereocenters. The Morgan fingerprint density at radius 2 is 1.91 bits per heavy atom. The Morgan fingerprint density at radius 3 is 2.50 bits per heavy atom. The SMILES string of the molecule is C=C(Nc1ccc(/C=C(\C=NN(C)C)c2ccc(OCC)cc2NC2CCC2)cc1)OC(C)C. The van der Waals surface area contributed by atoms with Crippen LogP contribution in [0.2, 0.25) is 0 Å². The van der Waals surface area contributed by atoms with Gasteiger partial charge in [-0.2, -0.15) is 5.10 Å². The molecule has 6 heteroatoms. The van der Waals surface area contributed by atoms with E-state index in [1.807, 2.05) is 59.3 Å². The fraction of sp³-hybridized carbons (Fsp3) is 0.393. The largest absolute Gasteiger partial charge is 0.494 e. The predicted octanol–water partition coefficient (Wildman–Crippen LogP) is 6.45. The lowest BCUT2D eigenvalue weighted by Gasteiger charge is -2.29. The van der Waals surface area contributed by atoms with Crippen LogP contribution in [-0.4, -0.2) is 44.1 Å². The third kappa shape index (κ3) is 7.58. The highest BCUT2D eigenvalue weighted by molar-refractivity contribution is 6.17. The maximum absolute atomic E-state index is 5.77. The molecule has 2 N–H and O–H groups in total. The minimum absolute atomic E-state index is 0.0811. The number of ether oxygens (including phenoxy) is 2. The Morgan fingerprint density at radius 1 is 1.18 bits per heavy atom. The molecule has 0 amide bonds. The van der Waals surface area contributed by atoms with Gasteiger partial charge >= 0.3 is 0 Å². The Kier molecular flexibility index (Phi) is 9.02. The van der Waals surface area contributed by atoms with Gasteiger partial charge in [-0.25, -0.2) is 0 Å². The summed E-state index contributed by atoms with van der Waals surface area (Å²) in [6.07, 6.45) is 7.81. The van der Waals surface area contributed by atoms with Gasteiger partial charge in [-0.3, -0.25) is 0 Å². The third-order valence-corrected chi connectivity index (χ3v) is 5.40. The lowest BCUT2D eigenvalue weighted by Crippen LogP contribution is -2.27. The maximum Gasteiger partial charge on any atom is 0.183 e. The van der Waals surface area contributed by atoms with Crippen molar-refractivity contribution in [2.75, 3.05) is 31.3 Å². The van der Waals surface area contributed by atoms with E-state index in [9.17, 15) is 0 Å². The van der Waals surface area contributed by atoms with E-state index in [0.29, 0.717) is 18.5 Å². The van der Waals surface area contributed by atoms with Gasteiger partial charge in [0.25, 0.3) is 0 Å². The van der Waals surface area contributed by atoms with Crippen LogP contribution in [0, 0.1) is 0 Å². The molecule has 2 aromatic carbocycles. The molecular weight excluding hydrogens is 424 g/mol. The smallest absolute Gasteiger partial charge is 0.183 e. The van der Waals surface area contributed by atoms with Crippen molar-refractivity contribution in [3.63, 3.8) is 0 Å². The predicted molar refractivity (Wildman–Crippen MR) is 144 cm³/mol. The number of anilines is 2. The number of hydrazone groups is 1. The zero-order valence-electron chi connectivity index (χ0n) is 21.1. The number of nitrogens with zero attached hydrogens (tertiary/aromatic N) is 2. The summed E-state index contributed by atoms with van der Waals surface area (Å²) in [5.74, 6) is 1.41. The Hall–Kier alpha value is -3.41. The molecule has 1 aliphatic carbocycles. The molecule has 1 saturated carbocycles. The van der Waals surface area contributed by atoms with Crippen LogP contribution in [0.3, 0.4) is 0 Å². The first kappa shape index (κ1) is 25.2. The van der Waals surface area contributed by atoms with E-state index in [0.717, 1.165) is 33.8 Å². The molecule has 0 atom stereocenters. The average Bonchev–Trinajstić information content (AvgIpc) is 2.75. The number of benzene rings is 2. The molecule has 34 heavy (non-hydrogen) atoms. The Balaban J connectivity index is 1.91. The minimum Gasteiger partial charge on any atom is -0.494 e. The van der Waals surface area contributed by atoms with Crippen molar-refractivity contribution in [2.24, 2.45) is 5.10 Å². The van der Waals surface area contributed by atoms with E-state index >= 15 is 0 Å². The van der Waals surface area contributed by atoms with Gasteiger partial charge in [0.2, 0.25) is 0 Å². The van der Waals surface area contributed by atoms with Gasteiger partial charge in [-0.05, 0) is 82.5 Å². The molecule has 1 aliphatic rings. The molecule has 182 valence electrons. The lowest BCUT2D eigenvalue weighted by molar-refractivity contribution is 0.153. The molecule has 0 saturated heterocycles. The van der Waals surface area contributed by atoms with E-state index in [4.69, 9.17) is 9.47 Å². The van der Waals surface area contributed by atoms with Gasteiger partial charge in [0, 0.05) is 48.7 Å². The van der Waals surface area contributed by atoms with Crippen LogP contribution in [-0.2, 0) is 4.74 Å². The van der Waals surface area contributed by atoms with Crippen molar-refractivity contribution in [2.45, 2.75) is 52.2 Å². The first-order chi connectivity index (χ1) is 16.3. The van der Waals surface area contributed by atoms with Crippen LogP contribution in [0.25, 0.3) is 11.6 Å². The van der Waals surface area contributed by atoms with Crippen molar-refractivity contribution in [1.29, 1.82) is 0 Å². The Bertz CT molecular complexity index is 1010. The number of allylic oxidation sites excluding steroid dienone is 1. The van der Waals surface area contributed by atoms with Crippen molar-refractivity contribution in [3.8, 4) is 5.75 Å². The number of rotatable bonds is 12. The first-order valence-corrected chi connectivity index (χ1v) is 12.0. The van der Waals surface area contributed by atoms with Crippen molar-refractivity contribution >= 4 is 29.2 Å². The second-order valence-corrected chi connectivity index (χ2v) is 8.94. The fourth-order valence-electron chi connectivity index (χ4n) is 3.60. The topological polar surface area (TPSA) is 58.1 Å². The van der Waals surface area contributed by atoms with Crippen LogP contribution >= 0.6 is 0 Å². The minimum atomic E-state index is 0.0811. The summed E-state index contributed by atoms with van der Waals surface area (Å²) in [6.45, 7) is 10.5. The third-order valence-electron chi connectivity index (χ3n) is 5.40. The number of hydrogen-bond donors (Lipinski definition) is 2. The molecular formula is C28H38N4O2. The summed E-state index contributed by atoms with van der Waals surface area (Å²) in [7, 11) is 3.85. The van der Waals surface area contributed by atoms with Crippen LogP contribution in [0.4, 0.5) is 11.4 Å². The van der Waals surface area contributed by atoms with Gasteiger partial charge < -0.3 is 25.1 Å². The summed E-state index contributed by atoms with van der Waals surface area (Å²) in [4.78, 5) is 0. The zero-order chi connectivity index (χ0) is 24.5. The molecule has 6 nitrogen and oxygen atoms in total. The molecule has 0 aromatic heterocycles. The van der Waals surface area contributed by atoms with Gasteiger partial charge in [-0.15, -0.1) is 0 Å². The van der Waals surface area contributed by atoms with Crippen LogP contribution in [0.15, 0.2) is 60.0 Å². The first-order valence-electron chi connectivity index (χ1n) is 12.0. The summed E-state index contributed by atoms with van der Waals surface area (Å²) in [5.41, 5.74) is 5.20. The summed E-state index contributed by atoms with van der Waals surface area (Å²) >= 11 is 0. The summed E-state index contributed by atoms with van der Waals surface area (Å²) in [6, 6.07) is 14.9. The van der Waals surface area contributed by atoms with E-state index < -0.39 is 0 Å². The summed E-state index contributed by atoms with van der Waals surface area (Å²) < 4.78 is 11.4. The average molecular weight is 463 g/mol. The second-order valence-electron chi connectivity index (χ2n) is 8.94. The molecule has 0 radical (unpaired) electrons.